The smallest absolute Gasteiger partial charge is 0.0654 e. The summed E-state index contributed by atoms with van der Waals surface area (Å²) in [6.45, 7) is 8.38. The van der Waals surface area contributed by atoms with Gasteiger partial charge in [-0.05, 0) is 0 Å². The molecule has 0 N–H and O–H groups in total. The molecule has 414 valence electrons. The van der Waals surface area contributed by atoms with Crippen molar-refractivity contribution in [1.29, 1.82) is 0 Å². The minimum Gasteiger partial charge on any atom is -0.0654 e. The van der Waals surface area contributed by atoms with E-state index in [0.717, 1.165) is 51.8 Å². The fourth-order valence-electron chi connectivity index (χ4n) is 9.94. The van der Waals surface area contributed by atoms with E-state index in [1.165, 1.54) is 270 Å². The van der Waals surface area contributed by atoms with Crippen molar-refractivity contribution in [2.24, 2.45) is 0 Å². The molecule has 6 nitrogen and oxygen atoms in total. The van der Waals surface area contributed by atoms with Crippen LogP contribution in [-0.2, 0) is 28.6 Å². The van der Waals surface area contributed by atoms with Crippen LogP contribution in [0.3, 0.4) is 0 Å². The van der Waals surface area contributed by atoms with Crippen molar-refractivity contribution in [3.8, 4) is 0 Å². The molecule has 7 heteroatoms. The quantitative estimate of drug-likeness (QED) is 0.0261. The molecule has 0 aromatic rings. The van der Waals surface area contributed by atoms with E-state index in [0.29, 0.717) is 39.1 Å². The number of unbranched alkanes of at least 4 members (excludes halogenated alkanes) is 45. The summed E-state index contributed by atoms with van der Waals surface area (Å²) < 4.78 is 19.4. The Kier molecular flexibility index (Phi) is 60.1. The summed E-state index contributed by atoms with van der Waals surface area (Å²) in [6, 6.07) is 0. The van der Waals surface area contributed by atoms with Crippen molar-refractivity contribution in [2.75, 3.05) is 19.8 Å². The summed E-state index contributed by atoms with van der Waals surface area (Å²) in [5, 5.41) is 0. The predicted molar refractivity (Wildman–Crippen MR) is 306 cm³/mol. The normalized spacial score (nSPS) is 11.4. The van der Waals surface area contributed by atoms with Gasteiger partial charge in [0.1, 0.15) is 0 Å². The summed E-state index contributed by atoms with van der Waals surface area (Å²) in [4.78, 5) is 38.3. The van der Waals surface area contributed by atoms with Gasteiger partial charge < -0.3 is 0 Å². The number of carbonyl (C=O) groups excluding carboxylic acids is 3. The van der Waals surface area contributed by atoms with Crippen LogP contribution in [0.4, 0.5) is 0 Å². The van der Waals surface area contributed by atoms with Crippen molar-refractivity contribution >= 4 is 37.7 Å². The summed E-state index contributed by atoms with van der Waals surface area (Å²) in [6.07, 6.45) is 65.0. The third-order valence-corrected chi connectivity index (χ3v) is 23.0. The molecular formula is C63H123O6Sn+. The number of ether oxygens (including phenoxy) is 3. The van der Waals surface area contributed by atoms with Gasteiger partial charge in [0.25, 0.3) is 0 Å². The molecular weight excluding hydrogens is 971 g/mol. The molecule has 0 heterocycles. The zero-order chi connectivity index (χ0) is 50.7. The maximum absolute atomic E-state index is 12.8. The van der Waals surface area contributed by atoms with Crippen molar-refractivity contribution in [1.82, 2.24) is 0 Å². The Balaban J connectivity index is 4.28. The number of hydrogen-bond acceptors (Lipinski definition) is 6. The van der Waals surface area contributed by atoms with Crippen LogP contribution in [0, 0.1) is 0 Å². The molecule has 0 aromatic heterocycles. The van der Waals surface area contributed by atoms with Crippen LogP contribution >= 0.6 is 0 Å². The van der Waals surface area contributed by atoms with Gasteiger partial charge in [-0.1, -0.05) is 194 Å². The van der Waals surface area contributed by atoms with Crippen LogP contribution in [0.15, 0.2) is 0 Å². The standard InChI is InChI=1S/3C21H41O2.Sn/c3*1-3-5-6-7-8-9-10-11-12-13-14-15-16-17-18-19-20-23-21(22)4-2;/h3*2-20H2,1H3;/q;;;+1. The van der Waals surface area contributed by atoms with E-state index in [-0.39, 0.29) is 17.9 Å². The van der Waals surface area contributed by atoms with Crippen LogP contribution in [0.2, 0.25) is 13.3 Å². The summed E-state index contributed by atoms with van der Waals surface area (Å²) >= 11 is -2.22. The Labute approximate surface area is 445 Å². The Hall–Kier alpha value is -0.791. The first-order valence-corrected chi connectivity index (χ1v) is 37.9. The minimum atomic E-state index is -2.22. The maximum atomic E-state index is 12.8. The number of hydrogen-bond donors (Lipinski definition) is 0. The van der Waals surface area contributed by atoms with Crippen LogP contribution in [0.5, 0.6) is 0 Å². The molecule has 0 bridgehead atoms. The molecule has 0 rings (SSSR count). The molecule has 0 aliphatic heterocycles. The molecule has 0 saturated heterocycles. The van der Waals surface area contributed by atoms with E-state index in [2.05, 4.69) is 20.8 Å². The fraction of sp³-hybridized carbons (Fsp3) is 0.952. The van der Waals surface area contributed by atoms with E-state index in [1.54, 1.807) is 0 Å². The van der Waals surface area contributed by atoms with Crippen LogP contribution in [0.1, 0.15) is 348 Å². The van der Waals surface area contributed by atoms with Gasteiger partial charge in [-0.25, -0.2) is 0 Å². The second-order valence-electron chi connectivity index (χ2n) is 21.8. The molecule has 0 aromatic carbocycles. The Morgan fingerprint density at radius 1 is 0.229 bits per heavy atom. The van der Waals surface area contributed by atoms with Crippen molar-refractivity contribution in [2.45, 2.75) is 362 Å². The topological polar surface area (TPSA) is 78.9 Å². The Morgan fingerprint density at radius 2 is 0.371 bits per heavy atom. The van der Waals surface area contributed by atoms with Crippen molar-refractivity contribution in [3.05, 3.63) is 0 Å². The van der Waals surface area contributed by atoms with Crippen molar-refractivity contribution < 1.29 is 28.6 Å². The van der Waals surface area contributed by atoms with Crippen LogP contribution in [-0.4, -0.2) is 57.5 Å². The molecule has 0 unspecified atom stereocenters. The number of rotatable bonds is 60. The van der Waals surface area contributed by atoms with Gasteiger partial charge in [-0.3, -0.25) is 0 Å². The van der Waals surface area contributed by atoms with Gasteiger partial charge in [0.05, 0.1) is 0 Å². The molecule has 0 spiro atoms. The van der Waals surface area contributed by atoms with E-state index < -0.39 is 19.8 Å². The van der Waals surface area contributed by atoms with E-state index >= 15 is 0 Å². The van der Waals surface area contributed by atoms with Crippen molar-refractivity contribution in [3.63, 3.8) is 0 Å². The number of esters is 3. The monoisotopic (exact) mass is 1100 g/mol. The van der Waals surface area contributed by atoms with Gasteiger partial charge in [0.15, 0.2) is 0 Å². The second-order valence-corrected chi connectivity index (χ2v) is 30.4. The molecule has 70 heavy (non-hydrogen) atoms. The SMILES string of the molecule is CCCCCCCCCCCCCCCCCCOC(=O)C[CH2][Sn+]([CH2]CC(=O)OCCCCCCCCCCCCCCCCCC)[CH2]CC(=O)OCCCCCCCCCCCCCCCCCC. The van der Waals surface area contributed by atoms with Crippen LogP contribution in [0.25, 0.3) is 0 Å². The molecule has 0 aliphatic rings. The fourth-order valence-corrected chi connectivity index (χ4v) is 16.9. The Bertz CT molecular complexity index is 924. The first-order chi connectivity index (χ1) is 34.5. The Morgan fingerprint density at radius 3 is 0.529 bits per heavy atom. The van der Waals surface area contributed by atoms with Gasteiger partial charge in [0, 0.05) is 0 Å². The molecule has 0 fully saturated rings. The molecule has 0 radical (unpaired) electrons. The van der Waals surface area contributed by atoms with E-state index in [1.807, 2.05) is 0 Å². The summed E-state index contributed by atoms with van der Waals surface area (Å²) in [5.74, 6) is -0.344. The van der Waals surface area contributed by atoms with Gasteiger partial charge >= 0.3 is 253 Å². The predicted octanol–water partition coefficient (Wildman–Crippen LogP) is 21.1. The second kappa shape index (κ2) is 60.8. The van der Waals surface area contributed by atoms with Gasteiger partial charge in [0.2, 0.25) is 0 Å². The van der Waals surface area contributed by atoms with Gasteiger partial charge in [-0.15, -0.1) is 0 Å². The summed E-state index contributed by atoms with van der Waals surface area (Å²) in [7, 11) is 0. The number of carbonyl (C=O) groups is 3. The summed E-state index contributed by atoms with van der Waals surface area (Å²) in [5.41, 5.74) is 0. The first-order valence-electron chi connectivity index (χ1n) is 31.8. The zero-order valence-corrected chi connectivity index (χ0v) is 50.6. The molecule has 0 aliphatic carbocycles. The average Bonchev–Trinajstić information content (AvgIpc) is 3.36. The molecule has 0 saturated carbocycles. The van der Waals surface area contributed by atoms with Crippen LogP contribution < -0.4 is 0 Å². The molecule has 0 amide bonds. The van der Waals surface area contributed by atoms with E-state index in [4.69, 9.17) is 14.2 Å². The third-order valence-electron chi connectivity index (χ3n) is 14.8. The molecule has 0 atom stereocenters. The van der Waals surface area contributed by atoms with E-state index in [9.17, 15) is 14.4 Å². The van der Waals surface area contributed by atoms with Gasteiger partial charge in [-0.2, -0.15) is 0 Å². The minimum absolute atomic E-state index is 0.115. The zero-order valence-electron chi connectivity index (χ0n) is 47.8. The average molecular weight is 1100 g/mol. The third kappa shape index (κ3) is 58.1. The first kappa shape index (κ1) is 69.2.